The molecule has 2 radical (unpaired) electrons. The average molecular weight is 527 g/mol. The van der Waals surface area contributed by atoms with Gasteiger partial charge in [-0.1, -0.05) is 16.9 Å². The number of ether oxygens (including phenoxy) is 2. The first kappa shape index (κ1) is 28.0. The smallest absolute Gasteiger partial charge is 0.241 e. The summed E-state index contributed by atoms with van der Waals surface area (Å²) in [5, 5.41) is 0.945. The third-order valence-electron chi connectivity index (χ3n) is 5.79. The molecule has 34 heavy (non-hydrogen) atoms. The van der Waals surface area contributed by atoms with E-state index < -0.39 is 7.44 Å². The van der Waals surface area contributed by atoms with Gasteiger partial charge < -0.3 is 19.3 Å². The Balaban J connectivity index is 1.40. The third-order valence-corrected chi connectivity index (χ3v) is 11.1. The lowest BCUT2D eigenvalue weighted by Gasteiger charge is -2.41. The fourth-order valence-electron chi connectivity index (χ4n) is 3.95. The van der Waals surface area contributed by atoms with Gasteiger partial charge in [0, 0.05) is 63.6 Å². The second-order valence-electron chi connectivity index (χ2n) is 8.69. The molecule has 2 fully saturated rings. The molecular formula is C21H35BN5O4PS2. The summed E-state index contributed by atoms with van der Waals surface area (Å²) in [7, 11) is 11.9. The number of hydrogen-bond acceptors (Lipinski definition) is 8. The highest BCUT2D eigenvalue weighted by molar-refractivity contribution is 8.76. The Hall–Kier alpha value is -0.585. The van der Waals surface area contributed by atoms with Gasteiger partial charge in [0.2, 0.25) is 13.4 Å². The molecule has 9 nitrogen and oxygen atoms in total. The van der Waals surface area contributed by atoms with E-state index in [1.54, 1.807) is 32.5 Å². The van der Waals surface area contributed by atoms with Gasteiger partial charge in [-0.3, -0.25) is 9.36 Å². The van der Waals surface area contributed by atoms with Gasteiger partial charge in [0.05, 0.1) is 12.7 Å². The maximum atomic E-state index is 13.8. The summed E-state index contributed by atoms with van der Waals surface area (Å²) < 4.78 is 29.1. The van der Waals surface area contributed by atoms with Crippen LogP contribution in [0, 0.1) is 0 Å². The summed E-state index contributed by atoms with van der Waals surface area (Å²) in [5.74, 6) is 0.867. The monoisotopic (exact) mass is 527 g/mol. The van der Waals surface area contributed by atoms with E-state index >= 15 is 0 Å². The number of likely N-dealkylation sites (N-methyl/N-ethyl adjacent to an activating group) is 1. The van der Waals surface area contributed by atoms with Crippen molar-refractivity contribution < 1.29 is 18.8 Å². The molecule has 2 saturated heterocycles. The van der Waals surface area contributed by atoms with Crippen molar-refractivity contribution in [3.8, 4) is 0 Å². The lowest BCUT2D eigenvalue weighted by atomic mass is 9.98. The van der Waals surface area contributed by atoms with Gasteiger partial charge in [0.1, 0.15) is 19.2 Å². The van der Waals surface area contributed by atoms with Crippen LogP contribution in [0.25, 0.3) is 0 Å². The van der Waals surface area contributed by atoms with Gasteiger partial charge in [-0.15, -0.1) is 0 Å². The number of aromatic nitrogens is 1. The van der Waals surface area contributed by atoms with Gasteiger partial charge in [0.15, 0.2) is 0 Å². The summed E-state index contributed by atoms with van der Waals surface area (Å²) in [6, 6.07) is 5.47. The third kappa shape index (κ3) is 8.23. The number of amides is 1. The van der Waals surface area contributed by atoms with Crippen LogP contribution in [0.15, 0.2) is 29.4 Å². The van der Waals surface area contributed by atoms with Gasteiger partial charge in [-0.05, 0) is 44.1 Å². The first-order chi connectivity index (χ1) is 16.3. The zero-order chi connectivity index (χ0) is 24.6. The number of morpholine rings is 1. The Kier molecular flexibility index (Phi) is 11.2. The minimum Gasteiger partial charge on any atom is -0.380 e. The second kappa shape index (κ2) is 13.6. The summed E-state index contributed by atoms with van der Waals surface area (Å²) in [5.41, 5.74) is 0. The van der Waals surface area contributed by atoms with Crippen molar-refractivity contribution in [2.24, 2.45) is 0 Å². The fraction of sp³-hybridized carbons (Fsp3) is 0.714. The highest BCUT2D eigenvalue weighted by Gasteiger charge is 2.37. The van der Waals surface area contributed by atoms with Crippen LogP contribution < -0.4 is 0 Å². The molecule has 1 amide bonds. The van der Waals surface area contributed by atoms with Crippen molar-refractivity contribution in [1.29, 1.82) is 0 Å². The van der Waals surface area contributed by atoms with E-state index in [4.69, 9.17) is 17.3 Å². The zero-order valence-electron chi connectivity index (χ0n) is 20.2. The lowest BCUT2D eigenvalue weighted by molar-refractivity contribution is -0.131. The predicted molar refractivity (Wildman–Crippen MR) is 139 cm³/mol. The SMILES string of the molecule is [B]C1CN(C)CC(COCP(=O)(N(C)C)N2CCN(C(=O)CCSSc3ccccn3)CC2)O1. The first-order valence-corrected chi connectivity index (χ1v) is 15.6. The summed E-state index contributed by atoms with van der Waals surface area (Å²) >= 11 is 0. The van der Waals surface area contributed by atoms with E-state index in [-0.39, 0.29) is 24.4 Å². The Morgan fingerprint density at radius 2 is 2.06 bits per heavy atom. The molecule has 3 atom stereocenters. The van der Waals surface area contributed by atoms with Crippen molar-refractivity contribution in [3.05, 3.63) is 24.4 Å². The molecule has 2 aliphatic rings. The molecule has 0 aliphatic carbocycles. The Labute approximate surface area is 212 Å². The summed E-state index contributed by atoms with van der Waals surface area (Å²) in [6.45, 7) is 4.04. The van der Waals surface area contributed by atoms with E-state index in [1.807, 2.05) is 48.9 Å². The van der Waals surface area contributed by atoms with Gasteiger partial charge in [0.25, 0.3) is 0 Å². The van der Waals surface area contributed by atoms with Crippen LogP contribution in [0.5, 0.6) is 0 Å². The molecule has 3 unspecified atom stereocenters. The van der Waals surface area contributed by atoms with Crippen LogP contribution >= 0.6 is 29.0 Å². The van der Waals surface area contributed by atoms with Crippen LogP contribution in [-0.2, 0) is 18.8 Å². The molecule has 1 aromatic heterocycles. The largest absolute Gasteiger partial charge is 0.380 e. The van der Waals surface area contributed by atoms with Crippen LogP contribution in [0.4, 0.5) is 0 Å². The maximum Gasteiger partial charge on any atom is 0.241 e. The highest BCUT2D eigenvalue weighted by Crippen LogP contribution is 2.51. The number of carbonyl (C=O) groups excluding carboxylic acids is 1. The molecule has 3 rings (SSSR count). The van der Waals surface area contributed by atoms with E-state index in [1.165, 1.54) is 0 Å². The van der Waals surface area contributed by atoms with Crippen LogP contribution in [0.2, 0.25) is 0 Å². The molecular weight excluding hydrogens is 492 g/mol. The van der Waals surface area contributed by atoms with Crippen molar-refractivity contribution in [2.45, 2.75) is 23.6 Å². The molecule has 1 aromatic rings. The molecule has 0 aromatic carbocycles. The Morgan fingerprint density at radius 3 is 2.71 bits per heavy atom. The number of piperazine rings is 1. The van der Waals surface area contributed by atoms with Crippen molar-refractivity contribution >= 4 is 42.8 Å². The molecule has 188 valence electrons. The van der Waals surface area contributed by atoms with E-state index in [9.17, 15) is 9.36 Å². The standard InChI is InChI=1S/C21H35BN5O4PS2/c1-24(2)32(29,17-30-16-18-14-25(3)15-19(22)31-18)27-11-9-26(10-12-27)21(28)7-13-33-34-20-6-4-5-8-23-20/h4-6,8,18-19H,7,9-17H2,1-3H3. The molecule has 0 spiro atoms. The van der Waals surface area contributed by atoms with E-state index in [2.05, 4.69) is 9.88 Å². The van der Waals surface area contributed by atoms with Crippen molar-refractivity contribution in [3.63, 3.8) is 0 Å². The number of pyridine rings is 1. The lowest BCUT2D eigenvalue weighted by Crippen LogP contribution is -2.49. The fourth-order valence-corrected chi connectivity index (χ4v) is 7.86. The number of rotatable bonds is 11. The zero-order valence-corrected chi connectivity index (χ0v) is 22.8. The second-order valence-corrected chi connectivity index (χ2v) is 14.1. The van der Waals surface area contributed by atoms with Crippen LogP contribution in [0.3, 0.4) is 0 Å². The van der Waals surface area contributed by atoms with Gasteiger partial charge in [-0.2, -0.15) is 0 Å². The molecule has 0 saturated carbocycles. The first-order valence-electron chi connectivity index (χ1n) is 11.5. The molecule has 0 bridgehead atoms. The predicted octanol–water partition coefficient (Wildman–Crippen LogP) is 1.91. The molecule has 2 aliphatic heterocycles. The van der Waals surface area contributed by atoms with E-state index in [0.717, 1.165) is 17.3 Å². The van der Waals surface area contributed by atoms with Gasteiger partial charge >= 0.3 is 0 Å². The Morgan fingerprint density at radius 1 is 1.29 bits per heavy atom. The van der Waals surface area contributed by atoms with Crippen molar-refractivity contribution in [1.82, 2.24) is 24.1 Å². The number of hydrogen-bond donors (Lipinski definition) is 0. The maximum absolute atomic E-state index is 13.8. The minimum atomic E-state index is -2.89. The van der Waals surface area contributed by atoms with Crippen molar-refractivity contribution in [2.75, 3.05) is 79.1 Å². The van der Waals surface area contributed by atoms with E-state index in [0.29, 0.717) is 45.8 Å². The molecule has 0 N–H and O–H groups in total. The topological polar surface area (TPSA) is 78.5 Å². The normalized spacial score (nSPS) is 24.3. The van der Waals surface area contributed by atoms with Crippen LogP contribution in [0.1, 0.15) is 6.42 Å². The number of carbonyl (C=O) groups is 1. The average Bonchev–Trinajstić information content (AvgIpc) is 2.81. The number of nitrogens with zero attached hydrogens (tertiary/aromatic N) is 5. The summed E-state index contributed by atoms with van der Waals surface area (Å²) in [4.78, 5) is 20.9. The highest BCUT2D eigenvalue weighted by atomic mass is 33.1. The molecule has 3 heterocycles. The summed E-state index contributed by atoms with van der Waals surface area (Å²) in [6.07, 6.45) is 2.24. The quantitative estimate of drug-likeness (QED) is 0.184. The minimum absolute atomic E-state index is 0.119. The Bertz CT molecular complexity index is 810. The molecule has 13 heteroatoms. The van der Waals surface area contributed by atoms with Gasteiger partial charge in [-0.25, -0.2) is 14.3 Å². The van der Waals surface area contributed by atoms with Crippen LogP contribution in [-0.4, -0.2) is 129 Å².